The number of fused-ring (bicyclic) bond motifs is 1. The first-order valence-electron chi connectivity index (χ1n) is 9.40. The lowest BCUT2D eigenvalue weighted by Crippen LogP contribution is -2.26. The number of amides is 1. The van der Waals surface area contributed by atoms with E-state index >= 15 is 0 Å². The van der Waals surface area contributed by atoms with Gasteiger partial charge in [-0.25, -0.2) is 5.43 Å². The fourth-order valence-electron chi connectivity index (χ4n) is 2.90. The first-order valence-corrected chi connectivity index (χ1v) is 9.40. The molecule has 2 aromatic rings. The van der Waals surface area contributed by atoms with Crippen molar-refractivity contribution in [3.63, 3.8) is 0 Å². The van der Waals surface area contributed by atoms with Gasteiger partial charge in [-0.2, -0.15) is 5.10 Å². The van der Waals surface area contributed by atoms with E-state index in [4.69, 9.17) is 14.2 Å². The molecule has 0 saturated heterocycles. The molecular weight excluding hydrogens is 356 g/mol. The molecule has 1 aliphatic rings. The van der Waals surface area contributed by atoms with Gasteiger partial charge in [0.25, 0.3) is 5.91 Å². The molecule has 6 nitrogen and oxygen atoms in total. The van der Waals surface area contributed by atoms with Crippen LogP contribution in [0.3, 0.4) is 0 Å². The summed E-state index contributed by atoms with van der Waals surface area (Å²) in [7, 11) is 0. The molecule has 0 radical (unpaired) electrons. The summed E-state index contributed by atoms with van der Waals surface area (Å²) < 4.78 is 16.8. The number of benzene rings is 2. The number of aryl methyl sites for hydroxylation is 1. The first-order chi connectivity index (χ1) is 13.4. The Labute approximate surface area is 165 Å². The largest absolute Gasteiger partial charge is 0.486 e. The summed E-state index contributed by atoms with van der Waals surface area (Å²) in [5.41, 5.74) is 6.24. The Hall–Kier alpha value is -3.02. The number of hydrogen-bond donors (Lipinski definition) is 1. The molecule has 28 heavy (non-hydrogen) atoms. The fourth-order valence-corrected chi connectivity index (χ4v) is 2.90. The van der Waals surface area contributed by atoms with Crippen molar-refractivity contribution < 1.29 is 19.0 Å². The van der Waals surface area contributed by atoms with Crippen molar-refractivity contribution in [1.82, 2.24) is 5.43 Å². The predicted octanol–water partition coefficient (Wildman–Crippen LogP) is 3.81. The standard InChI is InChI=1S/C22H26N2O4/c1-14(2)18-7-5-15(3)11-20(18)28-13-22(25)24-23-16(4)17-6-8-19-21(12-17)27-10-9-26-19/h5-8,11-12,14H,9-10,13H2,1-4H3,(H,24,25)/b23-16+. The zero-order valence-corrected chi connectivity index (χ0v) is 16.7. The lowest BCUT2D eigenvalue weighted by molar-refractivity contribution is -0.123. The smallest absolute Gasteiger partial charge is 0.277 e. The van der Waals surface area contributed by atoms with Crippen LogP contribution in [0.5, 0.6) is 17.2 Å². The molecule has 0 aliphatic carbocycles. The van der Waals surface area contributed by atoms with Gasteiger partial charge in [0.1, 0.15) is 19.0 Å². The van der Waals surface area contributed by atoms with Crippen LogP contribution in [0, 0.1) is 6.92 Å². The molecule has 0 atom stereocenters. The third-order valence-electron chi connectivity index (χ3n) is 4.46. The summed E-state index contributed by atoms with van der Waals surface area (Å²) in [5, 5.41) is 4.17. The average molecular weight is 382 g/mol. The highest BCUT2D eigenvalue weighted by molar-refractivity contribution is 5.99. The Morgan fingerprint density at radius 3 is 2.64 bits per heavy atom. The normalized spacial score (nSPS) is 13.4. The molecule has 0 fully saturated rings. The molecule has 148 valence electrons. The minimum atomic E-state index is -0.312. The van der Waals surface area contributed by atoms with Crippen LogP contribution >= 0.6 is 0 Å². The number of hydrogen-bond acceptors (Lipinski definition) is 5. The third kappa shape index (κ3) is 4.82. The average Bonchev–Trinajstić information content (AvgIpc) is 2.69. The molecule has 1 N–H and O–H groups in total. The lowest BCUT2D eigenvalue weighted by Gasteiger charge is -2.18. The summed E-state index contributed by atoms with van der Waals surface area (Å²) in [5.74, 6) is 2.15. The zero-order chi connectivity index (χ0) is 20.1. The zero-order valence-electron chi connectivity index (χ0n) is 16.7. The Kier molecular flexibility index (Phi) is 6.19. The summed E-state index contributed by atoms with van der Waals surface area (Å²) in [6, 6.07) is 11.6. The van der Waals surface area contributed by atoms with E-state index in [2.05, 4.69) is 24.4 Å². The van der Waals surface area contributed by atoms with Crippen molar-refractivity contribution in [2.45, 2.75) is 33.6 Å². The summed E-state index contributed by atoms with van der Waals surface area (Å²) in [6.07, 6.45) is 0. The highest BCUT2D eigenvalue weighted by Crippen LogP contribution is 2.31. The number of rotatable bonds is 6. The van der Waals surface area contributed by atoms with Crippen LogP contribution in [0.15, 0.2) is 41.5 Å². The summed E-state index contributed by atoms with van der Waals surface area (Å²) in [6.45, 7) is 8.99. The molecule has 3 rings (SSSR count). The van der Waals surface area contributed by atoms with E-state index in [9.17, 15) is 4.79 Å². The predicted molar refractivity (Wildman–Crippen MR) is 109 cm³/mol. The number of hydrazone groups is 1. The second kappa shape index (κ2) is 8.78. The monoisotopic (exact) mass is 382 g/mol. The Bertz CT molecular complexity index is 890. The summed E-state index contributed by atoms with van der Waals surface area (Å²) >= 11 is 0. The van der Waals surface area contributed by atoms with Gasteiger partial charge in [0, 0.05) is 5.56 Å². The number of carbonyl (C=O) groups excluding carboxylic acids is 1. The van der Waals surface area contributed by atoms with Gasteiger partial charge in [0.15, 0.2) is 18.1 Å². The Morgan fingerprint density at radius 2 is 1.89 bits per heavy atom. The Morgan fingerprint density at radius 1 is 1.14 bits per heavy atom. The molecule has 0 spiro atoms. The van der Waals surface area contributed by atoms with Gasteiger partial charge in [-0.15, -0.1) is 0 Å². The van der Waals surface area contributed by atoms with E-state index < -0.39 is 0 Å². The Balaban J connectivity index is 1.60. The van der Waals surface area contributed by atoms with E-state index in [0.717, 1.165) is 28.2 Å². The molecule has 1 aliphatic heterocycles. The van der Waals surface area contributed by atoms with Crippen molar-refractivity contribution >= 4 is 11.6 Å². The van der Waals surface area contributed by atoms with Crippen LogP contribution in [0.1, 0.15) is 43.4 Å². The number of nitrogens with one attached hydrogen (secondary N) is 1. The molecule has 0 bridgehead atoms. The molecule has 0 saturated carbocycles. The maximum absolute atomic E-state index is 12.2. The van der Waals surface area contributed by atoms with Crippen LogP contribution < -0.4 is 19.6 Å². The van der Waals surface area contributed by atoms with Crippen LogP contribution in [-0.4, -0.2) is 31.4 Å². The molecule has 0 aromatic heterocycles. The van der Waals surface area contributed by atoms with Crippen molar-refractivity contribution in [3.8, 4) is 17.2 Å². The van der Waals surface area contributed by atoms with Crippen molar-refractivity contribution in [2.75, 3.05) is 19.8 Å². The van der Waals surface area contributed by atoms with Gasteiger partial charge in [0.2, 0.25) is 0 Å². The molecule has 0 unspecified atom stereocenters. The molecule has 2 aromatic carbocycles. The van der Waals surface area contributed by atoms with E-state index in [1.807, 2.05) is 50.2 Å². The summed E-state index contributed by atoms with van der Waals surface area (Å²) in [4.78, 5) is 12.2. The minimum absolute atomic E-state index is 0.0961. The SMILES string of the molecule is C/C(=N\NC(=O)COc1cc(C)ccc1C(C)C)c1ccc2c(c1)OCCO2. The van der Waals surface area contributed by atoms with Crippen molar-refractivity contribution in [1.29, 1.82) is 0 Å². The van der Waals surface area contributed by atoms with Gasteiger partial charge in [0.05, 0.1) is 5.71 Å². The second-order valence-corrected chi connectivity index (χ2v) is 7.08. The van der Waals surface area contributed by atoms with Crippen LogP contribution in [0.4, 0.5) is 0 Å². The van der Waals surface area contributed by atoms with E-state index in [0.29, 0.717) is 30.6 Å². The number of carbonyl (C=O) groups is 1. The lowest BCUT2D eigenvalue weighted by atomic mass is 10.0. The number of nitrogens with zero attached hydrogens (tertiary/aromatic N) is 1. The second-order valence-electron chi connectivity index (χ2n) is 7.08. The maximum atomic E-state index is 12.2. The third-order valence-corrected chi connectivity index (χ3v) is 4.46. The molecule has 1 amide bonds. The molecule has 1 heterocycles. The molecular formula is C22H26N2O4. The van der Waals surface area contributed by atoms with Crippen LogP contribution in [-0.2, 0) is 4.79 Å². The van der Waals surface area contributed by atoms with Gasteiger partial charge < -0.3 is 14.2 Å². The number of ether oxygens (including phenoxy) is 3. The van der Waals surface area contributed by atoms with Gasteiger partial charge in [-0.3, -0.25) is 4.79 Å². The highest BCUT2D eigenvalue weighted by Gasteiger charge is 2.13. The van der Waals surface area contributed by atoms with Crippen molar-refractivity contribution in [2.24, 2.45) is 5.10 Å². The van der Waals surface area contributed by atoms with E-state index in [1.165, 1.54) is 0 Å². The maximum Gasteiger partial charge on any atom is 0.277 e. The van der Waals surface area contributed by atoms with E-state index in [-0.39, 0.29) is 12.5 Å². The highest BCUT2D eigenvalue weighted by atomic mass is 16.6. The first kappa shape index (κ1) is 19.7. The van der Waals surface area contributed by atoms with Gasteiger partial charge >= 0.3 is 0 Å². The van der Waals surface area contributed by atoms with Gasteiger partial charge in [-0.1, -0.05) is 26.0 Å². The topological polar surface area (TPSA) is 69.2 Å². The minimum Gasteiger partial charge on any atom is -0.486 e. The van der Waals surface area contributed by atoms with Crippen molar-refractivity contribution in [3.05, 3.63) is 53.1 Å². The quantitative estimate of drug-likeness (QED) is 0.609. The fraction of sp³-hybridized carbons (Fsp3) is 0.364. The molecule has 6 heteroatoms. The van der Waals surface area contributed by atoms with Crippen LogP contribution in [0.2, 0.25) is 0 Å². The van der Waals surface area contributed by atoms with Gasteiger partial charge in [-0.05, 0) is 55.2 Å². The van der Waals surface area contributed by atoms with E-state index in [1.54, 1.807) is 0 Å². The van der Waals surface area contributed by atoms with Crippen LogP contribution in [0.25, 0.3) is 0 Å².